The third kappa shape index (κ3) is 7.95. The second-order valence-corrected chi connectivity index (χ2v) is 7.55. The van der Waals surface area contributed by atoms with Gasteiger partial charge in [0, 0.05) is 19.7 Å². The first kappa shape index (κ1) is 23.5. The van der Waals surface area contributed by atoms with E-state index in [-0.39, 0.29) is 36.7 Å². The number of benzene rings is 2. The van der Waals surface area contributed by atoms with Crippen LogP contribution in [0.25, 0.3) is 0 Å². The predicted octanol–water partition coefficient (Wildman–Crippen LogP) is 3.72. The number of halogens is 1. The number of hydrogen-bond acceptors (Lipinski definition) is 3. The van der Waals surface area contributed by atoms with Gasteiger partial charge in [0.2, 0.25) is 11.8 Å². The van der Waals surface area contributed by atoms with Gasteiger partial charge in [-0.25, -0.2) is 4.39 Å². The number of nitrogens with zero attached hydrogens (tertiary/aromatic N) is 1. The van der Waals surface area contributed by atoms with Gasteiger partial charge in [0.05, 0.1) is 12.5 Å². The van der Waals surface area contributed by atoms with Crippen molar-refractivity contribution in [1.29, 1.82) is 0 Å². The Labute approximate surface area is 178 Å². The molecule has 0 spiro atoms. The molecule has 5 nitrogen and oxygen atoms in total. The van der Waals surface area contributed by atoms with Gasteiger partial charge in [-0.1, -0.05) is 42.5 Å². The van der Waals surface area contributed by atoms with E-state index in [9.17, 15) is 14.0 Å². The summed E-state index contributed by atoms with van der Waals surface area (Å²) in [5.41, 5.74) is 1.65. The molecule has 6 heteroatoms. The minimum absolute atomic E-state index is 0.154. The van der Waals surface area contributed by atoms with Crippen molar-refractivity contribution in [2.24, 2.45) is 0 Å². The summed E-state index contributed by atoms with van der Waals surface area (Å²) in [6.45, 7) is 6.92. The van der Waals surface area contributed by atoms with E-state index in [0.717, 1.165) is 11.1 Å². The van der Waals surface area contributed by atoms with E-state index in [1.54, 1.807) is 24.0 Å². The fourth-order valence-electron chi connectivity index (χ4n) is 2.99. The molecule has 0 radical (unpaired) electrons. The van der Waals surface area contributed by atoms with Crippen molar-refractivity contribution in [3.05, 3.63) is 71.5 Å². The van der Waals surface area contributed by atoms with Crippen LogP contribution in [0.2, 0.25) is 0 Å². The van der Waals surface area contributed by atoms with E-state index in [1.165, 1.54) is 12.1 Å². The lowest BCUT2D eigenvalue weighted by atomic mass is 10.1. The molecular weight excluding hydrogens is 383 g/mol. The van der Waals surface area contributed by atoms with Crippen LogP contribution in [-0.4, -0.2) is 42.0 Å². The molecule has 0 aliphatic carbocycles. The van der Waals surface area contributed by atoms with Crippen molar-refractivity contribution in [2.75, 3.05) is 13.2 Å². The van der Waals surface area contributed by atoms with Crippen molar-refractivity contribution in [3.8, 4) is 0 Å². The van der Waals surface area contributed by atoms with E-state index in [4.69, 9.17) is 4.74 Å². The molecule has 1 N–H and O–H groups in total. The third-order valence-corrected chi connectivity index (χ3v) is 4.70. The zero-order valence-corrected chi connectivity index (χ0v) is 17.9. The molecule has 2 amide bonds. The molecule has 30 heavy (non-hydrogen) atoms. The maximum atomic E-state index is 13.3. The molecule has 162 valence electrons. The van der Waals surface area contributed by atoms with Gasteiger partial charge in [0.1, 0.15) is 11.9 Å². The predicted molar refractivity (Wildman–Crippen MR) is 115 cm³/mol. The quantitative estimate of drug-likeness (QED) is 0.570. The van der Waals surface area contributed by atoms with Crippen molar-refractivity contribution in [2.45, 2.75) is 52.3 Å². The minimum Gasteiger partial charge on any atom is -0.379 e. The molecule has 2 aromatic rings. The topological polar surface area (TPSA) is 58.6 Å². The second kappa shape index (κ2) is 12.1. The number of rotatable bonds is 11. The van der Waals surface area contributed by atoms with Crippen LogP contribution in [0, 0.1) is 5.82 Å². The van der Waals surface area contributed by atoms with E-state index in [1.807, 2.05) is 44.2 Å². The van der Waals surface area contributed by atoms with Crippen LogP contribution in [-0.2, 0) is 27.3 Å². The first-order valence-corrected chi connectivity index (χ1v) is 10.3. The van der Waals surface area contributed by atoms with Crippen molar-refractivity contribution in [1.82, 2.24) is 10.2 Å². The Balaban J connectivity index is 2.04. The van der Waals surface area contributed by atoms with Crippen molar-refractivity contribution >= 4 is 11.8 Å². The zero-order chi connectivity index (χ0) is 21.9. The number of hydrogen-bond donors (Lipinski definition) is 1. The molecule has 2 rings (SSSR count). The molecule has 0 aromatic heterocycles. The van der Waals surface area contributed by atoms with Crippen LogP contribution in [0.3, 0.4) is 0 Å². The highest BCUT2D eigenvalue weighted by atomic mass is 19.1. The smallest absolute Gasteiger partial charge is 0.242 e. The Morgan fingerprint density at radius 3 is 2.30 bits per heavy atom. The van der Waals surface area contributed by atoms with Crippen LogP contribution in [0.15, 0.2) is 54.6 Å². The number of ether oxygens (including phenoxy) is 1. The van der Waals surface area contributed by atoms with E-state index >= 15 is 0 Å². The van der Waals surface area contributed by atoms with Gasteiger partial charge >= 0.3 is 0 Å². The standard InChI is InChI=1S/C24H31FN2O3/c1-18(2)30-15-7-14-26-24(29)19(3)27(17-21-10-12-22(25)13-11-21)23(28)16-20-8-5-4-6-9-20/h4-6,8-13,18-19H,7,14-17H2,1-3H3,(H,26,29)/t19-/m0/s1. The lowest BCUT2D eigenvalue weighted by Gasteiger charge is -2.29. The molecule has 0 saturated carbocycles. The number of carbonyl (C=O) groups excluding carboxylic acids is 2. The summed E-state index contributed by atoms with van der Waals surface area (Å²) in [5, 5.41) is 2.88. The van der Waals surface area contributed by atoms with Gasteiger partial charge in [0.25, 0.3) is 0 Å². The summed E-state index contributed by atoms with van der Waals surface area (Å²) in [6.07, 6.45) is 1.05. The van der Waals surface area contributed by atoms with Gasteiger partial charge in [0.15, 0.2) is 0 Å². The Hall–Kier alpha value is -2.73. The fourth-order valence-corrected chi connectivity index (χ4v) is 2.99. The molecule has 0 unspecified atom stereocenters. The van der Waals surface area contributed by atoms with Gasteiger partial charge in [-0.05, 0) is 50.5 Å². The third-order valence-electron chi connectivity index (χ3n) is 4.70. The Morgan fingerprint density at radius 1 is 1.00 bits per heavy atom. The van der Waals surface area contributed by atoms with Gasteiger partial charge in [-0.2, -0.15) is 0 Å². The van der Waals surface area contributed by atoms with Crippen molar-refractivity contribution < 1.29 is 18.7 Å². The fraction of sp³-hybridized carbons (Fsp3) is 0.417. The van der Waals surface area contributed by atoms with Crippen LogP contribution in [0.5, 0.6) is 0 Å². The Morgan fingerprint density at radius 2 is 1.67 bits per heavy atom. The largest absolute Gasteiger partial charge is 0.379 e. The molecule has 0 saturated heterocycles. The summed E-state index contributed by atoms with van der Waals surface area (Å²) in [7, 11) is 0. The highest BCUT2D eigenvalue weighted by Gasteiger charge is 2.26. The van der Waals surface area contributed by atoms with Crippen LogP contribution < -0.4 is 5.32 Å². The van der Waals surface area contributed by atoms with Crippen LogP contribution in [0.1, 0.15) is 38.3 Å². The molecule has 2 aromatic carbocycles. The van der Waals surface area contributed by atoms with Gasteiger partial charge in [-0.15, -0.1) is 0 Å². The maximum Gasteiger partial charge on any atom is 0.242 e. The summed E-state index contributed by atoms with van der Waals surface area (Å²) in [6, 6.07) is 14.7. The normalized spacial score (nSPS) is 11.9. The summed E-state index contributed by atoms with van der Waals surface area (Å²) < 4.78 is 18.7. The van der Waals surface area contributed by atoms with E-state index < -0.39 is 6.04 Å². The van der Waals surface area contributed by atoms with Gasteiger partial charge in [-0.3, -0.25) is 9.59 Å². The number of carbonyl (C=O) groups is 2. The Bertz CT molecular complexity index is 794. The molecule has 1 atom stereocenters. The maximum absolute atomic E-state index is 13.3. The second-order valence-electron chi connectivity index (χ2n) is 7.55. The molecule has 0 heterocycles. The molecular formula is C24H31FN2O3. The lowest BCUT2D eigenvalue weighted by Crippen LogP contribution is -2.48. The zero-order valence-electron chi connectivity index (χ0n) is 17.9. The minimum atomic E-state index is -0.655. The Kier molecular flexibility index (Phi) is 9.48. The number of amides is 2. The molecule has 0 bridgehead atoms. The van der Waals surface area contributed by atoms with E-state index in [0.29, 0.717) is 19.6 Å². The number of nitrogens with one attached hydrogen (secondary N) is 1. The average molecular weight is 415 g/mol. The van der Waals surface area contributed by atoms with Crippen molar-refractivity contribution in [3.63, 3.8) is 0 Å². The highest BCUT2D eigenvalue weighted by Crippen LogP contribution is 2.13. The average Bonchev–Trinajstić information content (AvgIpc) is 2.73. The lowest BCUT2D eigenvalue weighted by molar-refractivity contribution is -0.140. The first-order chi connectivity index (χ1) is 14.4. The highest BCUT2D eigenvalue weighted by molar-refractivity contribution is 5.88. The van der Waals surface area contributed by atoms with Crippen LogP contribution >= 0.6 is 0 Å². The van der Waals surface area contributed by atoms with Crippen LogP contribution in [0.4, 0.5) is 4.39 Å². The van der Waals surface area contributed by atoms with E-state index in [2.05, 4.69) is 5.32 Å². The molecule has 0 aliphatic rings. The SMILES string of the molecule is CC(C)OCCCNC(=O)[C@H](C)N(Cc1ccc(F)cc1)C(=O)Cc1ccccc1. The van der Waals surface area contributed by atoms with Gasteiger partial charge < -0.3 is 15.0 Å². The first-order valence-electron chi connectivity index (χ1n) is 10.3. The summed E-state index contributed by atoms with van der Waals surface area (Å²) in [5.74, 6) is -0.713. The summed E-state index contributed by atoms with van der Waals surface area (Å²) in [4.78, 5) is 27.3. The monoisotopic (exact) mass is 414 g/mol. The molecule has 0 fully saturated rings. The summed E-state index contributed by atoms with van der Waals surface area (Å²) >= 11 is 0. The molecule has 0 aliphatic heterocycles.